The van der Waals surface area contributed by atoms with Crippen molar-refractivity contribution < 1.29 is 4.74 Å². The van der Waals surface area contributed by atoms with Gasteiger partial charge >= 0.3 is 0 Å². The third-order valence-corrected chi connectivity index (χ3v) is 4.55. The summed E-state index contributed by atoms with van der Waals surface area (Å²) in [6, 6.07) is 23.9. The van der Waals surface area contributed by atoms with Crippen LogP contribution in [-0.2, 0) is 19.6 Å². The maximum Gasteiger partial charge on any atom is 0.120 e. The number of hydrogen-bond donors (Lipinski definition) is 1. The topological polar surface area (TPSA) is 21.3 Å². The largest absolute Gasteiger partial charge is 0.489 e. The molecule has 1 N–H and O–H groups in total. The standard InChI is InChI=1S/C22H21Cl2NO.ClH/c23-20-8-4-17(5-9-20)12-13-25-15-19-2-1-3-22(14-19)26-16-18-6-10-21(24)11-7-18;/h1-11,14,25H,12-13,15-16H2;1H. The third-order valence-electron chi connectivity index (χ3n) is 4.05. The molecule has 0 saturated carbocycles. The molecule has 142 valence electrons. The van der Waals surface area contributed by atoms with Crippen LogP contribution < -0.4 is 10.1 Å². The van der Waals surface area contributed by atoms with E-state index in [0.717, 1.165) is 40.9 Å². The molecule has 0 bridgehead atoms. The van der Waals surface area contributed by atoms with Crippen LogP contribution in [-0.4, -0.2) is 6.54 Å². The van der Waals surface area contributed by atoms with Crippen molar-refractivity contribution in [1.29, 1.82) is 0 Å². The van der Waals surface area contributed by atoms with Gasteiger partial charge in [0, 0.05) is 16.6 Å². The average molecular weight is 423 g/mol. The fraction of sp³-hybridized carbons (Fsp3) is 0.182. The van der Waals surface area contributed by atoms with Gasteiger partial charge in [-0.05, 0) is 66.1 Å². The smallest absolute Gasteiger partial charge is 0.120 e. The molecule has 0 spiro atoms. The molecular formula is C22H22Cl3NO. The summed E-state index contributed by atoms with van der Waals surface area (Å²) in [6.45, 7) is 2.26. The summed E-state index contributed by atoms with van der Waals surface area (Å²) >= 11 is 11.8. The van der Waals surface area contributed by atoms with E-state index >= 15 is 0 Å². The number of halogens is 3. The van der Waals surface area contributed by atoms with Gasteiger partial charge in [-0.3, -0.25) is 0 Å². The SMILES string of the molecule is Cl.Clc1ccc(CCNCc2cccc(OCc3ccc(Cl)cc3)c2)cc1. The number of ether oxygens (including phenoxy) is 1. The van der Waals surface area contributed by atoms with Crippen LogP contribution >= 0.6 is 35.6 Å². The lowest BCUT2D eigenvalue weighted by Crippen LogP contribution is -2.16. The van der Waals surface area contributed by atoms with Gasteiger partial charge in [0.2, 0.25) is 0 Å². The zero-order chi connectivity index (χ0) is 18.2. The number of benzene rings is 3. The molecule has 0 aliphatic carbocycles. The van der Waals surface area contributed by atoms with Crippen LogP contribution in [0, 0.1) is 0 Å². The Kier molecular flexibility index (Phi) is 8.96. The Balaban J connectivity index is 0.00000261. The van der Waals surface area contributed by atoms with Crippen LogP contribution in [0.1, 0.15) is 16.7 Å². The fourth-order valence-electron chi connectivity index (χ4n) is 2.61. The Hall–Kier alpha value is -1.71. The summed E-state index contributed by atoms with van der Waals surface area (Å²) in [5.74, 6) is 0.872. The van der Waals surface area contributed by atoms with Crippen LogP contribution in [0.25, 0.3) is 0 Å². The average Bonchev–Trinajstić information content (AvgIpc) is 2.67. The number of hydrogen-bond acceptors (Lipinski definition) is 2. The lowest BCUT2D eigenvalue weighted by Gasteiger charge is -2.09. The van der Waals surface area contributed by atoms with E-state index < -0.39 is 0 Å². The molecule has 0 aliphatic rings. The molecular weight excluding hydrogens is 401 g/mol. The van der Waals surface area contributed by atoms with Crippen LogP contribution in [0.3, 0.4) is 0 Å². The van der Waals surface area contributed by atoms with Gasteiger partial charge in [-0.15, -0.1) is 12.4 Å². The zero-order valence-electron chi connectivity index (χ0n) is 14.8. The first kappa shape index (κ1) is 21.6. The van der Waals surface area contributed by atoms with Gasteiger partial charge in [0.05, 0.1) is 0 Å². The van der Waals surface area contributed by atoms with Crippen molar-refractivity contribution in [3.8, 4) is 5.75 Å². The highest BCUT2D eigenvalue weighted by Crippen LogP contribution is 2.16. The first-order valence-corrected chi connectivity index (χ1v) is 9.36. The Morgan fingerprint density at radius 1 is 0.741 bits per heavy atom. The van der Waals surface area contributed by atoms with Gasteiger partial charge in [-0.1, -0.05) is 59.6 Å². The molecule has 0 unspecified atom stereocenters. The number of nitrogens with one attached hydrogen (secondary N) is 1. The molecule has 0 fully saturated rings. The normalized spacial score (nSPS) is 10.3. The van der Waals surface area contributed by atoms with Crippen LogP contribution in [0.2, 0.25) is 10.0 Å². The Labute approximate surface area is 176 Å². The molecule has 5 heteroatoms. The summed E-state index contributed by atoms with van der Waals surface area (Å²) in [5.41, 5.74) is 3.58. The van der Waals surface area contributed by atoms with E-state index in [0.29, 0.717) is 6.61 Å². The molecule has 27 heavy (non-hydrogen) atoms. The summed E-state index contributed by atoms with van der Waals surface area (Å²) in [5, 5.41) is 4.98. The molecule has 2 nitrogen and oxygen atoms in total. The molecule has 0 amide bonds. The second-order valence-electron chi connectivity index (χ2n) is 6.12. The van der Waals surface area contributed by atoms with Crippen molar-refractivity contribution in [2.24, 2.45) is 0 Å². The fourth-order valence-corrected chi connectivity index (χ4v) is 2.86. The quantitative estimate of drug-likeness (QED) is 0.428. The molecule has 0 atom stereocenters. The highest BCUT2D eigenvalue weighted by molar-refractivity contribution is 6.30. The predicted octanol–water partition coefficient (Wildman–Crippen LogP) is 6.33. The van der Waals surface area contributed by atoms with E-state index in [1.165, 1.54) is 11.1 Å². The lowest BCUT2D eigenvalue weighted by atomic mass is 10.1. The summed E-state index contributed by atoms with van der Waals surface area (Å²) < 4.78 is 5.88. The van der Waals surface area contributed by atoms with E-state index in [1.807, 2.05) is 48.5 Å². The van der Waals surface area contributed by atoms with Gasteiger partial charge in [-0.2, -0.15) is 0 Å². The van der Waals surface area contributed by atoms with Crippen LogP contribution in [0.4, 0.5) is 0 Å². The maximum atomic E-state index is 5.91. The second kappa shape index (κ2) is 11.2. The van der Waals surface area contributed by atoms with Crippen LogP contribution in [0.5, 0.6) is 5.75 Å². The first-order valence-electron chi connectivity index (χ1n) is 8.60. The minimum absolute atomic E-state index is 0. The Morgan fingerprint density at radius 2 is 1.37 bits per heavy atom. The first-order chi connectivity index (χ1) is 12.7. The van der Waals surface area contributed by atoms with Crippen molar-refractivity contribution in [2.45, 2.75) is 19.6 Å². The van der Waals surface area contributed by atoms with E-state index in [-0.39, 0.29) is 12.4 Å². The van der Waals surface area contributed by atoms with E-state index in [9.17, 15) is 0 Å². The van der Waals surface area contributed by atoms with Gasteiger partial charge in [0.25, 0.3) is 0 Å². The highest BCUT2D eigenvalue weighted by atomic mass is 35.5. The molecule has 3 aromatic carbocycles. The second-order valence-corrected chi connectivity index (χ2v) is 6.99. The molecule has 3 aromatic rings. The third kappa shape index (κ3) is 7.43. The van der Waals surface area contributed by atoms with Gasteiger partial charge in [-0.25, -0.2) is 0 Å². The minimum Gasteiger partial charge on any atom is -0.489 e. The number of rotatable bonds is 8. The van der Waals surface area contributed by atoms with Gasteiger partial charge < -0.3 is 10.1 Å². The lowest BCUT2D eigenvalue weighted by molar-refractivity contribution is 0.306. The van der Waals surface area contributed by atoms with E-state index in [1.54, 1.807) is 0 Å². The van der Waals surface area contributed by atoms with Crippen molar-refractivity contribution in [1.82, 2.24) is 5.32 Å². The van der Waals surface area contributed by atoms with E-state index in [2.05, 4.69) is 29.6 Å². The predicted molar refractivity (Wildman–Crippen MR) is 116 cm³/mol. The summed E-state index contributed by atoms with van der Waals surface area (Å²) in [6.07, 6.45) is 0.976. The van der Waals surface area contributed by atoms with Crippen molar-refractivity contribution in [2.75, 3.05) is 6.54 Å². The molecule has 0 saturated heterocycles. The van der Waals surface area contributed by atoms with Crippen molar-refractivity contribution in [3.63, 3.8) is 0 Å². The zero-order valence-corrected chi connectivity index (χ0v) is 17.2. The maximum absolute atomic E-state index is 5.91. The molecule has 0 heterocycles. The molecule has 0 radical (unpaired) electrons. The van der Waals surface area contributed by atoms with Gasteiger partial charge in [0.1, 0.15) is 12.4 Å². The van der Waals surface area contributed by atoms with E-state index in [4.69, 9.17) is 27.9 Å². The molecule has 3 rings (SSSR count). The molecule has 0 aromatic heterocycles. The van der Waals surface area contributed by atoms with Crippen molar-refractivity contribution >= 4 is 35.6 Å². The highest BCUT2D eigenvalue weighted by Gasteiger charge is 2.00. The Bertz CT molecular complexity index is 820. The van der Waals surface area contributed by atoms with Crippen molar-refractivity contribution in [3.05, 3.63) is 99.5 Å². The molecule has 0 aliphatic heterocycles. The minimum atomic E-state index is 0. The summed E-state index contributed by atoms with van der Waals surface area (Å²) in [7, 11) is 0. The van der Waals surface area contributed by atoms with Gasteiger partial charge in [0.15, 0.2) is 0 Å². The summed E-state index contributed by atoms with van der Waals surface area (Å²) in [4.78, 5) is 0. The monoisotopic (exact) mass is 421 g/mol. The van der Waals surface area contributed by atoms with Crippen LogP contribution in [0.15, 0.2) is 72.8 Å². The Morgan fingerprint density at radius 3 is 2.04 bits per heavy atom.